The number of fused-ring (bicyclic) bond motifs is 1. The molecule has 0 aliphatic rings. The minimum absolute atomic E-state index is 0.740. The SMILES string of the molecule is NCCCc1ccc2sc(-c3ccccc3)nc2c1. The van der Waals surface area contributed by atoms with E-state index in [1.54, 1.807) is 11.3 Å². The summed E-state index contributed by atoms with van der Waals surface area (Å²) >= 11 is 1.75. The van der Waals surface area contributed by atoms with Gasteiger partial charge in [-0.2, -0.15) is 0 Å². The summed E-state index contributed by atoms with van der Waals surface area (Å²) in [6.45, 7) is 0.740. The summed E-state index contributed by atoms with van der Waals surface area (Å²) in [5, 5.41) is 1.09. The van der Waals surface area contributed by atoms with Gasteiger partial charge in [0, 0.05) is 5.56 Å². The lowest BCUT2D eigenvalue weighted by Crippen LogP contribution is -2.00. The molecule has 0 saturated carbocycles. The molecule has 1 heterocycles. The number of nitrogens with two attached hydrogens (primary N) is 1. The number of nitrogens with zero attached hydrogens (tertiary/aromatic N) is 1. The van der Waals surface area contributed by atoms with E-state index in [-0.39, 0.29) is 0 Å². The number of rotatable bonds is 4. The molecule has 96 valence electrons. The van der Waals surface area contributed by atoms with Crippen LogP contribution < -0.4 is 5.73 Å². The smallest absolute Gasteiger partial charge is 0.124 e. The van der Waals surface area contributed by atoms with Crippen molar-refractivity contribution in [2.45, 2.75) is 12.8 Å². The van der Waals surface area contributed by atoms with Crippen molar-refractivity contribution in [3.63, 3.8) is 0 Å². The molecular weight excluding hydrogens is 252 g/mol. The number of hydrogen-bond acceptors (Lipinski definition) is 3. The van der Waals surface area contributed by atoms with Gasteiger partial charge in [-0.15, -0.1) is 11.3 Å². The van der Waals surface area contributed by atoms with Crippen LogP contribution in [-0.2, 0) is 6.42 Å². The molecule has 19 heavy (non-hydrogen) atoms. The molecule has 0 aliphatic carbocycles. The first-order chi connectivity index (χ1) is 9.36. The van der Waals surface area contributed by atoms with E-state index in [0.29, 0.717) is 0 Å². The third kappa shape index (κ3) is 2.67. The summed E-state index contributed by atoms with van der Waals surface area (Å²) in [4.78, 5) is 4.74. The minimum atomic E-state index is 0.740. The monoisotopic (exact) mass is 268 g/mol. The lowest BCUT2D eigenvalue weighted by atomic mass is 10.1. The lowest BCUT2D eigenvalue weighted by Gasteiger charge is -1.98. The normalized spacial score (nSPS) is 11.0. The highest BCUT2D eigenvalue weighted by atomic mass is 32.1. The molecule has 0 saturated heterocycles. The molecular formula is C16H16N2S. The average Bonchev–Trinajstić information content (AvgIpc) is 2.89. The molecule has 0 unspecified atom stereocenters. The van der Waals surface area contributed by atoms with Gasteiger partial charge in [0.2, 0.25) is 0 Å². The Morgan fingerprint density at radius 3 is 2.68 bits per heavy atom. The molecule has 2 N–H and O–H groups in total. The van der Waals surface area contributed by atoms with Gasteiger partial charge in [0.05, 0.1) is 10.2 Å². The van der Waals surface area contributed by atoms with Crippen molar-refractivity contribution >= 4 is 21.6 Å². The van der Waals surface area contributed by atoms with Gasteiger partial charge in [-0.25, -0.2) is 4.98 Å². The standard InChI is InChI=1S/C16H16N2S/c17-10-4-5-12-8-9-15-14(11-12)18-16(19-15)13-6-2-1-3-7-13/h1-3,6-9,11H,4-5,10,17H2. The van der Waals surface area contributed by atoms with Crippen molar-refractivity contribution in [2.24, 2.45) is 5.73 Å². The van der Waals surface area contributed by atoms with Gasteiger partial charge in [-0.1, -0.05) is 36.4 Å². The first-order valence-electron chi connectivity index (χ1n) is 6.52. The van der Waals surface area contributed by atoms with E-state index in [1.807, 2.05) is 18.2 Å². The molecule has 0 bridgehead atoms. The maximum absolute atomic E-state index is 5.56. The molecule has 0 radical (unpaired) electrons. The van der Waals surface area contributed by atoms with Crippen LogP contribution in [0.4, 0.5) is 0 Å². The second-order valence-corrected chi connectivity index (χ2v) is 5.61. The summed E-state index contributed by atoms with van der Waals surface area (Å²) in [5.74, 6) is 0. The van der Waals surface area contributed by atoms with Crippen LogP contribution in [0.1, 0.15) is 12.0 Å². The largest absolute Gasteiger partial charge is 0.330 e. The van der Waals surface area contributed by atoms with Gasteiger partial charge in [-0.3, -0.25) is 0 Å². The molecule has 3 aromatic rings. The van der Waals surface area contributed by atoms with Gasteiger partial charge in [0.15, 0.2) is 0 Å². The molecule has 0 fully saturated rings. The summed E-state index contributed by atoms with van der Waals surface area (Å²) in [6.07, 6.45) is 2.06. The van der Waals surface area contributed by atoms with Gasteiger partial charge in [0.25, 0.3) is 0 Å². The number of hydrogen-bond donors (Lipinski definition) is 1. The summed E-state index contributed by atoms with van der Waals surface area (Å²) in [5.41, 5.74) is 9.16. The second kappa shape index (κ2) is 5.51. The Bertz CT molecular complexity index is 674. The highest BCUT2D eigenvalue weighted by Crippen LogP contribution is 2.30. The third-order valence-corrected chi connectivity index (χ3v) is 4.23. The van der Waals surface area contributed by atoms with E-state index in [9.17, 15) is 0 Å². The van der Waals surface area contributed by atoms with Gasteiger partial charge in [0.1, 0.15) is 5.01 Å². The van der Waals surface area contributed by atoms with E-state index in [2.05, 4.69) is 30.3 Å². The Labute approximate surface area is 116 Å². The van der Waals surface area contributed by atoms with Crippen molar-refractivity contribution in [3.8, 4) is 10.6 Å². The van der Waals surface area contributed by atoms with Crippen molar-refractivity contribution in [3.05, 3.63) is 54.1 Å². The number of aromatic nitrogens is 1. The van der Waals surface area contributed by atoms with Crippen LogP contribution in [0.2, 0.25) is 0 Å². The molecule has 0 spiro atoms. The van der Waals surface area contributed by atoms with Crippen LogP contribution >= 0.6 is 11.3 Å². The predicted octanol–water partition coefficient (Wildman–Crippen LogP) is 3.85. The van der Waals surface area contributed by atoms with E-state index in [4.69, 9.17) is 10.7 Å². The third-order valence-electron chi connectivity index (χ3n) is 3.14. The first-order valence-corrected chi connectivity index (χ1v) is 7.33. The molecule has 3 heteroatoms. The highest BCUT2D eigenvalue weighted by molar-refractivity contribution is 7.21. The average molecular weight is 268 g/mol. The molecule has 0 amide bonds. The Morgan fingerprint density at radius 2 is 1.89 bits per heavy atom. The Hall–Kier alpha value is -1.71. The van der Waals surface area contributed by atoms with Crippen molar-refractivity contribution in [2.75, 3.05) is 6.54 Å². The number of thiazole rings is 1. The molecule has 2 nitrogen and oxygen atoms in total. The number of aryl methyl sites for hydroxylation is 1. The summed E-state index contributed by atoms with van der Waals surface area (Å²) < 4.78 is 1.25. The predicted molar refractivity (Wildman–Crippen MR) is 82.4 cm³/mol. The second-order valence-electron chi connectivity index (χ2n) is 4.58. The molecule has 1 aromatic heterocycles. The Morgan fingerprint density at radius 1 is 1.05 bits per heavy atom. The number of benzene rings is 2. The summed E-state index contributed by atoms with van der Waals surface area (Å²) in [6, 6.07) is 16.9. The molecule has 0 aliphatic heterocycles. The zero-order valence-corrected chi connectivity index (χ0v) is 11.5. The van der Waals surface area contributed by atoms with Gasteiger partial charge >= 0.3 is 0 Å². The van der Waals surface area contributed by atoms with E-state index in [1.165, 1.54) is 15.8 Å². The fourth-order valence-corrected chi connectivity index (χ4v) is 3.09. The topological polar surface area (TPSA) is 38.9 Å². The fourth-order valence-electron chi connectivity index (χ4n) is 2.14. The van der Waals surface area contributed by atoms with Crippen LogP contribution in [0.5, 0.6) is 0 Å². The molecule has 3 rings (SSSR count). The van der Waals surface area contributed by atoms with E-state index < -0.39 is 0 Å². The van der Waals surface area contributed by atoms with E-state index in [0.717, 1.165) is 29.9 Å². The molecule has 0 atom stereocenters. The van der Waals surface area contributed by atoms with Crippen molar-refractivity contribution in [1.82, 2.24) is 4.98 Å². The maximum atomic E-state index is 5.56. The molecule has 2 aromatic carbocycles. The Kier molecular flexibility index (Phi) is 3.58. The van der Waals surface area contributed by atoms with Crippen LogP contribution in [-0.4, -0.2) is 11.5 Å². The van der Waals surface area contributed by atoms with E-state index >= 15 is 0 Å². The van der Waals surface area contributed by atoms with Gasteiger partial charge < -0.3 is 5.73 Å². The Balaban J connectivity index is 1.97. The zero-order chi connectivity index (χ0) is 13.1. The minimum Gasteiger partial charge on any atom is -0.330 e. The van der Waals surface area contributed by atoms with Crippen LogP contribution in [0.3, 0.4) is 0 Å². The summed E-state index contributed by atoms with van der Waals surface area (Å²) in [7, 11) is 0. The zero-order valence-electron chi connectivity index (χ0n) is 10.7. The van der Waals surface area contributed by atoms with Gasteiger partial charge in [-0.05, 0) is 37.1 Å². The van der Waals surface area contributed by atoms with Crippen molar-refractivity contribution < 1.29 is 0 Å². The quantitative estimate of drug-likeness (QED) is 0.780. The van der Waals surface area contributed by atoms with Crippen LogP contribution in [0, 0.1) is 0 Å². The highest BCUT2D eigenvalue weighted by Gasteiger charge is 2.06. The lowest BCUT2D eigenvalue weighted by molar-refractivity contribution is 0.833. The van der Waals surface area contributed by atoms with Crippen LogP contribution in [0.15, 0.2) is 48.5 Å². The maximum Gasteiger partial charge on any atom is 0.124 e. The van der Waals surface area contributed by atoms with Crippen molar-refractivity contribution in [1.29, 1.82) is 0 Å². The fraction of sp³-hybridized carbons (Fsp3) is 0.188. The van der Waals surface area contributed by atoms with Crippen LogP contribution in [0.25, 0.3) is 20.8 Å². The first kappa shape index (κ1) is 12.3.